The first kappa shape index (κ1) is 27.8. The zero-order chi connectivity index (χ0) is 18.6. The van der Waals surface area contributed by atoms with Gasteiger partial charge in [-0.2, -0.15) is 0 Å². The van der Waals surface area contributed by atoms with Gasteiger partial charge in [0.25, 0.3) is 0 Å². The van der Waals surface area contributed by atoms with Crippen LogP contribution < -0.4 is 6.15 Å². The van der Waals surface area contributed by atoms with Gasteiger partial charge in [-0.1, -0.05) is 40.7 Å². The molecule has 3 N–H and O–H groups in total. The molecule has 0 aromatic carbocycles. The molecule has 0 aromatic rings. The van der Waals surface area contributed by atoms with E-state index in [1.807, 2.05) is 6.92 Å². The molecule has 2 unspecified atom stereocenters. The van der Waals surface area contributed by atoms with Crippen LogP contribution in [-0.4, -0.2) is 46.7 Å². The zero-order valence-electron chi connectivity index (χ0n) is 17.5. The number of esters is 1. The Bertz CT molecular complexity index is 472. The summed E-state index contributed by atoms with van der Waals surface area (Å²) in [6.07, 6.45) is 4.26. The van der Waals surface area contributed by atoms with Gasteiger partial charge in [-0.3, -0.25) is 0 Å². The summed E-state index contributed by atoms with van der Waals surface area (Å²) in [5, 5.41) is -0.784. The second kappa shape index (κ2) is 10.2. The Morgan fingerprint density at radius 3 is 2.08 bits per heavy atom. The van der Waals surface area contributed by atoms with Gasteiger partial charge in [0.05, 0.1) is 0 Å². The summed E-state index contributed by atoms with van der Waals surface area (Å²) in [5.74, 6) is -0.431. The molecule has 1 aliphatic heterocycles. The van der Waals surface area contributed by atoms with Crippen LogP contribution in [0.25, 0.3) is 0 Å². The first-order valence-corrected chi connectivity index (χ1v) is 10.7. The lowest BCUT2D eigenvalue weighted by atomic mass is 9.66. The maximum atomic E-state index is 12.3. The van der Waals surface area contributed by atoms with Crippen molar-refractivity contribution in [3.63, 3.8) is 0 Å². The van der Waals surface area contributed by atoms with Crippen LogP contribution in [0.5, 0.6) is 0 Å². The molecule has 0 radical (unpaired) electrons. The highest BCUT2D eigenvalue weighted by Crippen LogP contribution is 2.59. The fourth-order valence-electron chi connectivity index (χ4n) is 4.79. The molecular formula is C18H38ClNO5Si. The van der Waals surface area contributed by atoms with Crippen LogP contribution in [0, 0.1) is 5.41 Å². The average molecular weight is 412 g/mol. The maximum Gasteiger partial charge on any atom is 0.375 e. The SMILES string of the molecule is C=CC(=O)OC1(CC)C(C)(C)CC[Si](OC)(OC)C1(CCC)OC.Cl.N. The summed E-state index contributed by atoms with van der Waals surface area (Å²) in [6, 6.07) is 0.800. The van der Waals surface area contributed by atoms with Gasteiger partial charge in [-0.25, -0.2) is 4.79 Å². The van der Waals surface area contributed by atoms with Crippen LogP contribution in [0.15, 0.2) is 12.7 Å². The molecule has 0 aliphatic carbocycles. The lowest BCUT2D eigenvalue weighted by Crippen LogP contribution is -2.80. The Balaban J connectivity index is 0. The van der Waals surface area contributed by atoms with Crippen LogP contribution >= 0.6 is 12.4 Å². The molecule has 1 aliphatic rings. The van der Waals surface area contributed by atoms with Crippen molar-refractivity contribution in [3.05, 3.63) is 12.7 Å². The maximum absolute atomic E-state index is 12.3. The zero-order valence-corrected chi connectivity index (χ0v) is 19.3. The second-order valence-electron chi connectivity index (χ2n) is 7.13. The summed E-state index contributed by atoms with van der Waals surface area (Å²) < 4.78 is 24.4. The topological polar surface area (TPSA) is 89.0 Å². The third kappa shape index (κ3) is 3.75. The molecule has 6 nitrogen and oxygen atoms in total. The van der Waals surface area contributed by atoms with Gasteiger partial charge in [-0.05, 0) is 25.3 Å². The summed E-state index contributed by atoms with van der Waals surface area (Å²) >= 11 is 0. The number of carbonyl (C=O) groups excluding carboxylic acids is 1. The molecule has 1 heterocycles. The lowest BCUT2D eigenvalue weighted by molar-refractivity contribution is -0.234. The first-order valence-electron chi connectivity index (χ1n) is 8.72. The smallest absolute Gasteiger partial charge is 0.375 e. The van der Waals surface area contributed by atoms with E-state index in [1.54, 1.807) is 21.3 Å². The van der Waals surface area contributed by atoms with Crippen molar-refractivity contribution < 1.29 is 23.1 Å². The normalized spacial score (nSPS) is 29.0. The molecule has 156 valence electrons. The molecule has 0 aromatic heterocycles. The number of carbonyl (C=O) groups is 1. The van der Waals surface area contributed by atoms with Crippen molar-refractivity contribution in [1.82, 2.24) is 6.15 Å². The van der Waals surface area contributed by atoms with Gasteiger partial charge in [0.15, 0.2) is 5.22 Å². The summed E-state index contributed by atoms with van der Waals surface area (Å²) in [5.41, 5.74) is -1.12. The summed E-state index contributed by atoms with van der Waals surface area (Å²) in [6.45, 7) is 12.0. The fourth-order valence-corrected chi connectivity index (χ4v) is 9.51. The molecule has 1 saturated heterocycles. The van der Waals surface area contributed by atoms with E-state index in [2.05, 4.69) is 27.4 Å². The van der Waals surface area contributed by atoms with Gasteiger partial charge < -0.3 is 24.5 Å². The first-order chi connectivity index (χ1) is 11.2. The highest BCUT2D eigenvalue weighted by molar-refractivity contribution is 6.71. The number of hydrogen-bond acceptors (Lipinski definition) is 6. The van der Waals surface area contributed by atoms with Gasteiger partial charge in [0.2, 0.25) is 0 Å². The Morgan fingerprint density at radius 2 is 1.73 bits per heavy atom. The molecular weight excluding hydrogens is 374 g/mol. The van der Waals surface area contributed by atoms with E-state index in [4.69, 9.17) is 18.3 Å². The van der Waals surface area contributed by atoms with Crippen molar-refractivity contribution in [2.75, 3.05) is 21.3 Å². The van der Waals surface area contributed by atoms with Crippen LogP contribution in [0.4, 0.5) is 0 Å². The Morgan fingerprint density at radius 1 is 1.19 bits per heavy atom. The number of methoxy groups -OCH3 is 1. The minimum Gasteiger partial charge on any atom is -0.452 e. The second-order valence-corrected chi connectivity index (χ2v) is 10.8. The van der Waals surface area contributed by atoms with Crippen LogP contribution in [0.1, 0.15) is 53.4 Å². The molecule has 0 amide bonds. The lowest BCUT2D eigenvalue weighted by Gasteiger charge is -2.63. The van der Waals surface area contributed by atoms with Gasteiger partial charge in [0, 0.05) is 32.8 Å². The van der Waals surface area contributed by atoms with Crippen molar-refractivity contribution in [3.8, 4) is 0 Å². The van der Waals surface area contributed by atoms with Gasteiger partial charge in [0.1, 0.15) is 5.60 Å². The molecule has 0 spiro atoms. The van der Waals surface area contributed by atoms with E-state index in [0.717, 1.165) is 18.9 Å². The highest BCUT2D eigenvalue weighted by Gasteiger charge is 2.76. The van der Waals surface area contributed by atoms with E-state index in [0.29, 0.717) is 12.8 Å². The van der Waals surface area contributed by atoms with Gasteiger partial charge in [-0.15, -0.1) is 12.4 Å². The Kier molecular flexibility index (Phi) is 10.9. The Hall–Kier alpha value is -0.443. The predicted molar refractivity (Wildman–Crippen MR) is 109 cm³/mol. The third-order valence-electron chi connectivity index (χ3n) is 5.99. The van der Waals surface area contributed by atoms with Gasteiger partial charge >= 0.3 is 14.5 Å². The van der Waals surface area contributed by atoms with Crippen LogP contribution in [-0.2, 0) is 23.1 Å². The molecule has 0 bridgehead atoms. The monoisotopic (exact) mass is 411 g/mol. The fraction of sp³-hybridized carbons (Fsp3) is 0.833. The van der Waals surface area contributed by atoms with E-state index < -0.39 is 25.4 Å². The largest absolute Gasteiger partial charge is 0.452 e. The molecule has 26 heavy (non-hydrogen) atoms. The Labute approximate surface area is 166 Å². The number of rotatable bonds is 8. The average Bonchev–Trinajstić information content (AvgIpc) is 2.58. The number of hydrogen-bond donors (Lipinski definition) is 1. The van der Waals surface area contributed by atoms with Crippen molar-refractivity contribution in [2.24, 2.45) is 5.41 Å². The van der Waals surface area contributed by atoms with Crippen molar-refractivity contribution in [1.29, 1.82) is 0 Å². The minimum absolute atomic E-state index is 0. The van der Waals surface area contributed by atoms with Crippen LogP contribution in [0.3, 0.4) is 0 Å². The minimum atomic E-state index is -2.79. The van der Waals surface area contributed by atoms with E-state index in [1.165, 1.54) is 6.08 Å². The van der Waals surface area contributed by atoms with Crippen molar-refractivity contribution >= 4 is 26.9 Å². The van der Waals surface area contributed by atoms with Crippen molar-refractivity contribution in [2.45, 2.75) is 70.2 Å². The quantitative estimate of drug-likeness (QED) is 0.363. The van der Waals surface area contributed by atoms with E-state index >= 15 is 0 Å². The molecule has 0 saturated carbocycles. The van der Waals surface area contributed by atoms with E-state index in [9.17, 15) is 4.79 Å². The van der Waals surface area contributed by atoms with Crippen LogP contribution in [0.2, 0.25) is 6.04 Å². The molecule has 2 atom stereocenters. The number of halogens is 1. The summed E-state index contributed by atoms with van der Waals surface area (Å²) in [4.78, 5) is 12.3. The molecule has 1 fully saturated rings. The highest BCUT2D eigenvalue weighted by atomic mass is 35.5. The summed E-state index contributed by atoms with van der Waals surface area (Å²) in [7, 11) is 2.27. The predicted octanol–water partition coefficient (Wildman–Crippen LogP) is 4.34. The van der Waals surface area contributed by atoms with E-state index in [-0.39, 0.29) is 24.0 Å². The standard InChI is InChI=1S/C18H34O5Si.ClH.H3N/c1-9-12-18(20-6)17(11-3,23-15(19)10-2)16(4,5)13-14-24(18,21-7)22-8;;/h10H,2,9,11-14H2,1,3-8H3;1H;1H3. The molecule has 1 rings (SSSR count). The third-order valence-corrected chi connectivity index (χ3v) is 10.3. The molecule has 8 heteroatoms. The number of ether oxygens (including phenoxy) is 2.